The molecule has 0 spiro atoms. The van der Waals surface area contributed by atoms with Crippen molar-refractivity contribution < 1.29 is 9.18 Å². The number of halogens is 1. The van der Waals surface area contributed by atoms with Gasteiger partial charge in [-0.2, -0.15) is 5.10 Å². The molecule has 1 amide bonds. The van der Waals surface area contributed by atoms with Crippen molar-refractivity contribution >= 4 is 11.6 Å². The summed E-state index contributed by atoms with van der Waals surface area (Å²) in [5.41, 5.74) is 5.61. The van der Waals surface area contributed by atoms with E-state index < -0.39 is 0 Å². The first-order chi connectivity index (χ1) is 13.5. The lowest BCUT2D eigenvalue weighted by atomic mass is 9.98. The standard InChI is InChI=1S/C23H24FN3O/c1-14(2)16-9-6-8-15(3)21(16)25-23(28)22-17-10-7-13-19(17)27(26-22)20-12-5-4-11-18(20)24/h4-6,8-9,11-12,14H,7,10,13H2,1-3H3,(H,25,28). The van der Waals surface area contributed by atoms with Gasteiger partial charge in [0.05, 0.1) is 0 Å². The lowest BCUT2D eigenvalue weighted by Gasteiger charge is -2.16. The number of carbonyl (C=O) groups is 1. The van der Waals surface area contributed by atoms with Crippen molar-refractivity contribution in [3.8, 4) is 5.69 Å². The average molecular weight is 377 g/mol. The lowest BCUT2D eigenvalue weighted by Crippen LogP contribution is -2.17. The second-order valence-corrected chi connectivity index (χ2v) is 7.64. The number of anilines is 1. The van der Waals surface area contributed by atoms with Gasteiger partial charge in [0.15, 0.2) is 5.69 Å². The van der Waals surface area contributed by atoms with Crippen molar-refractivity contribution in [2.75, 3.05) is 5.32 Å². The first-order valence-electron chi connectivity index (χ1n) is 9.74. The quantitative estimate of drug-likeness (QED) is 0.681. The highest BCUT2D eigenvalue weighted by molar-refractivity contribution is 6.05. The number of fused-ring (bicyclic) bond motifs is 1. The van der Waals surface area contributed by atoms with E-state index in [4.69, 9.17) is 0 Å². The molecule has 28 heavy (non-hydrogen) atoms. The molecular weight excluding hydrogens is 353 g/mol. The number of aromatic nitrogens is 2. The third kappa shape index (κ3) is 3.11. The maximum Gasteiger partial charge on any atom is 0.276 e. The number of benzene rings is 2. The zero-order chi connectivity index (χ0) is 19.8. The topological polar surface area (TPSA) is 46.9 Å². The minimum Gasteiger partial charge on any atom is -0.320 e. The van der Waals surface area contributed by atoms with E-state index in [0.29, 0.717) is 11.4 Å². The Morgan fingerprint density at radius 1 is 1.14 bits per heavy atom. The van der Waals surface area contributed by atoms with E-state index in [-0.39, 0.29) is 17.6 Å². The number of para-hydroxylation sites is 2. The second kappa shape index (κ2) is 7.23. The molecule has 0 atom stereocenters. The predicted molar refractivity (Wildman–Crippen MR) is 109 cm³/mol. The number of rotatable bonds is 4. The summed E-state index contributed by atoms with van der Waals surface area (Å²) < 4.78 is 15.9. The maximum atomic E-state index is 14.3. The summed E-state index contributed by atoms with van der Waals surface area (Å²) in [6, 6.07) is 12.6. The van der Waals surface area contributed by atoms with Gasteiger partial charge in [-0.15, -0.1) is 0 Å². The van der Waals surface area contributed by atoms with Crippen LogP contribution in [0.3, 0.4) is 0 Å². The molecule has 5 heteroatoms. The van der Waals surface area contributed by atoms with Gasteiger partial charge in [0.1, 0.15) is 11.5 Å². The zero-order valence-corrected chi connectivity index (χ0v) is 16.4. The van der Waals surface area contributed by atoms with E-state index in [1.165, 1.54) is 6.07 Å². The molecule has 0 fully saturated rings. The summed E-state index contributed by atoms with van der Waals surface area (Å²) in [5, 5.41) is 7.60. The fraction of sp³-hybridized carbons (Fsp3) is 0.304. The molecule has 2 aromatic carbocycles. The second-order valence-electron chi connectivity index (χ2n) is 7.64. The highest BCUT2D eigenvalue weighted by Crippen LogP contribution is 2.31. The van der Waals surface area contributed by atoms with Crippen LogP contribution in [0.1, 0.15) is 59.1 Å². The van der Waals surface area contributed by atoms with Crippen LogP contribution in [-0.2, 0) is 12.8 Å². The predicted octanol–water partition coefficient (Wildman–Crippen LogP) is 5.18. The number of hydrogen-bond donors (Lipinski definition) is 1. The Balaban J connectivity index is 1.75. The van der Waals surface area contributed by atoms with Crippen LogP contribution in [0.25, 0.3) is 5.69 Å². The molecule has 0 aliphatic heterocycles. The van der Waals surface area contributed by atoms with Crippen molar-refractivity contribution in [2.24, 2.45) is 0 Å². The Hall–Kier alpha value is -2.95. The molecule has 0 saturated carbocycles. The number of amides is 1. The molecular formula is C23H24FN3O. The minimum absolute atomic E-state index is 0.232. The molecule has 1 heterocycles. The van der Waals surface area contributed by atoms with Crippen LogP contribution in [0.5, 0.6) is 0 Å². The van der Waals surface area contributed by atoms with E-state index in [1.54, 1.807) is 22.9 Å². The van der Waals surface area contributed by atoms with Gasteiger partial charge in [-0.25, -0.2) is 9.07 Å². The Labute approximate surface area is 164 Å². The summed E-state index contributed by atoms with van der Waals surface area (Å²) in [5.74, 6) is -0.283. The van der Waals surface area contributed by atoms with Gasteiger partial charge in [0.25, 0.3) is 5.91 Å². The molecule has 4 rings (SSSR count). The smallest absolute Gasteiger partial charge is 0.276 e. The van der Waals surface area contributed by atoms with Gasteiger partial charge in [-0.05, 0) is 55.4 Å². The molecule has 0 saturated heterocycles. The van der Waals surface area contributed by atoms with Gasteiger partial charge >= 0.3 is 0 Å². The Morgan fingerprint density at radius 3 is 2.68 bits per heavy atom. The molecule has 0 unspecified atom stereocenters. The molecule has 1 aromatic heterocycles. The van der Waals surface area contributed by atoms with Gasteiger partial charge in [-0.1, -0.05) is 44.2 Å². The van der Waals surface area contributed by atoms with E-state index >= 15 is 0 Å². The number of carbonyl (C=O) groups excluding carboxylic acids is 1. The third-order valence-corrected chi connectivity index (χ3v) is 5.39. The largest absolute Gasteiger partial charge is 0.320 e. The van der Waals surface area contributed by atoms with Crippen LogP contribution in [0, 0.1) is 12.7 Å². The monoisotopic (exact) mass is 377 g/mol. The fourth-order valence-electron chi connectivity index (χ4n) is 3.96. The summed E-state index contributed by atoms with van der Waals surface area (Å²) >= 11 is 0. The fourth-order valence-corrected chi connectivity index (χ4v) is 3.96. The normalized spacial score (nSPS) is 13.0. The molecule has 1 N–H and O–H groups in total. The molecule has 4 nitrogen and oxygen atoms in total. The van der Waals surface area contributed by atoms with Crippen molar-refractivity contribution in [1.82, 2.24) is 9.78 Å². The zero-order valence-electron chi connectivity index (χ0n) is 16.4. The number of nitrogens with zero attached hydrogens (tertiary/aromatic N) is 2. The van der Waals surface area contributed by atoms with Gasteiger partial charge in [0, 0.05) is 16.9 Å². The van der Waals surface area contributed by atoms with Gasteiger partial charge in [0.2, 0.25) is 0 Å². The molecule has 1 aliphatic carbocycles. The first kappa shape index (κ1) is 18.4. The van der Waals surface area contributed by atoms with Crippen LogP contribution in [-0.4, -0.2) is 15.7 Å². The Morgan fingerprint density at radius 2 is 1.93 bits per heavy atom. The highest BCUT2D eigenvalue weighted by atomic mass is 19.1. The minimum atomic E-state index is -0.340. The SMILES string of the molecule is Cc1cccc(C(C)C)c1NC(=O)c1nn(-c2ccccc2F)c2c1CCC2. The summed E-state index contributed by atoms with van der Waals surface area (Å²) in [7, 11) is 0. The molecule has 144 valence electrons. The summed E-state index contributed by atoms with van der Waals surface area (Å²) in [6.45, 7) is 6.20. The third-order valence-electron chi connectivity index (χ3n) is 5.39. The Kier molecular flexibility index (Phi) is 4.75. The summed E-state index contributed by atoms with van der Waals surface area (Å²) in [4.78, 5) is 13.1. The van der Waals surface area contributed by atoms with Crippen LogP contribution in [0.2, 0.25) is 0 Å². The number of aryl methyl sites for hydroxylation is 1. The van der Waals surface area contributed by atoms with E-state index in [1.807, 2.05) is 25.1 Å². The van der Waals surface area contributed by atoms with E-state index in [0.717, 1.165) is 47.3 Å². The molecule has 1 aliphatic rings. The van der Waals surface area contributed by atoms with Crippen LogP contribution in [0.4, 0.5) is 10.1 Å². The summed E-state index contributed by atoms with van der Waals surface area (Å²) in [6.07, 6.45) is 2.53. The number of hydrogen-bond acceptors (Lipinski definition) is 2. The lowest BCUT2D eigenvalue weighted by molar-refractivity contribution is 0.102. The van der Waals surface area contributed by atoms with Crippen LogP contribution >= 0.6 is 0 Å². The molecule has 3 aromatic rings. The average Bonchev–Trinajstić information content (AvgIpc) is 3.26. The molecule has 0 bridgehead atoms. The van der Waals surface area contributed by atoms with Crippen molar-refractivity contribution in [3.05, 3.63) is 76.4 Å². The van der Waals surface area contributed by atoms with Gasteiger partial charge < -0.3 is 5.32 Å². The number of nitrogens with one attached hydrogen (secondary N) is 1. The van der Waals surface area contributed by atoms with Crippen LogP contribution < -0.4 is 5.32 Å². The maximum absolute atomic E-state index is 14.3. The van der Waals surface area contributed by atoms with E-state index in [2.05, 4.69) is 24.3 Å². The Bertz CT molecular complexity index is 1050. The molecule has 0 radical (unpaired) electrons. The highest BCUT2D eigenvalue weighted by Gasteiger charge is 2.28. The van der Waals surface area contributed by atoms with Crippen LogP contribution in [0.15, 0.2) is 42.5 Å². The van der Waals surface area contributed by atoms with Gasteiger partial charge in [-0.3, -0.25) is 4.79 Å². The van der Waals surface area contributed by atoms with Crippen molar-refractivity contribution in [3.63, 3.8) is 0 Å². The first-order valence-corrected chi connectivity index (χ1v) is 9.74. The van der Waals surface area contributed by atoms with Crippen molar-refractivity contribution in [1.29, 1.82) is 0 Å². The van der Waals surface area contributed by atoms with E-state index in [9.17, 15) is 9.18 Å². The van der Waals surface area contributed by atoms with Crippen molar-refractivity contribution in [2.45, 2.75) is 46.0 Å².